The molecule has 1 aromatic heterocycles. The van der Waals surface area contributed by atoms with Gasteiger partial charge in [-0.2, -0.15) is 0 Å². The molecule has 14 nitrogen and oxygen atoms in total. The van der Waals surface area contributed by atoms with Gasteiger partial charge in [-0.25, -0.2) is 4.79 Å². The largest absolute Gasteiger partial charge is 0.480 e. The van der Waals surface area contributed by atoms with Gasteiger partial charge in [-0.05, 0) is 43.9 Å². The number of aliphatic hydroxyl groups excluding tert-OH is 1. The number of carboxylic acids is 1. The van der Waals surface area contributed by atoms with Crippen molar-refractivity contribution in [3.05, 3.63) is 36.0 Å². The van der Waals surface area contributed by atoms with Crippen LogP contribution in [0, 0.1) is 0 Å². The summed E-state index contributed by atoms with van der Waals surface area (Å²) < 4.78 is 0. The Morgan fingerprint density at radius 1 is 0.897 bits per heavy atom. The number of rotatable bonds is 17. The molecule has 0 saturated heterocycles. The Morgan fingerprint density at radius 3 is 2.18 bits per heavy atom. The first kappa shape index (κ1) is 31.2. The number of carboxylic acid groups (broad SMARTS) is 1. The van der Waals surface area contributed by atoms with Gasteiger partial charge < -0.3 is 48.3 Å². The van der Waals surface area contributed by atoms with E-state index in [0.717, 1.165) is 10.9 Å². The average Bonchev–Trinajstić information content (AvgIpc) is 3.31. The van der Waals surface area contributed by atoms with Crippen LogP contribution < -0.4 is 33.2 Å². The van der Waals surface area contributed by atoms with Gasteiger partial charge in [-0.3, -0.25) is 19.2 Å². The maximum absolute atomic E-state index is 13.3. The van der Waals surface area contributed by atoms with Crippen LogP contribution in [0.1, 0.15) is 37.7 Å². The number of para-hydroxylation sites is 1. The van der Waals surface area contributed by atoms with E-state index in [2.05, 4.69) is 20.9 Å². The molecule has 39 heavy (non-hydrogen) atoms. The second-order valence-corrected chi connectivity index (χ2v) is 9.16. The van der Waals surface area contributed by atoms with E-state index in [1.807, 2.05) is 24.3 Å². The number of aliphatic carboxylic acids is 1. The molecule has 14 heteroatoms. The third-order valence-electron chi connectivity index (χ3n) is 6.15. The highest BCUT2D eigenvalue weighted by atomic mass is 16.4. The van der Waals surface area contributed by atoms with E-state index in [1.165, 1.54) is 0 Å². The molecule has 2 rings (SSSR count). The Labute approximate surface area is 225 Å². The normalized spacial score (nSPS) is 14.1. The molecule has 0 fully saturated rings. The number of aromatic amines is 1. The van der Waals surface area contributed by atoms with Crippen LogP contribution >= 0.6 is 0 Å². The molecular weight excluding hydrogens is 510 g/mol. The molecule has 4 atom stereocenters. The standard InChI is InChI=1S/C25H37N7O7/c26-10-4-3-7-18(25(38)39)30-24(37)20(13-33)32-23(36)19(31-22(35)16(27)8-9-21(28)34)11-14-12-29-17-6-2-1-5-15(14)17/h1-2,5-6,12,16,18-20,29,33H,3-4,7-11,13,26-27H2,(H2,28,34)(H,30,37)(H,31,35)(H,32,36)(H,38,39). The highest BCUT2D eigenvalue weighted by Crippen LogP contribution is 2.19. The molecule has 1 aromatic carbocycles. The van der Waals surface area contributed by atoms with Gasteiger partial charge in [-0.15, -0.1) is 0 Å². The average molecular weight is 548 g/mol. The van der Waals surface area contributed by atoms with Crippen molar-refractivity contribution in [2.75, 3.05) is 13.2 Å². The summed E-state index contributed by atoms with van der Waals surface area (Å²) in [5.41, 5.74) is 17.9. The Bertz CT molecular complexity index is 1150. The lowest BCUT2D eigenvalue weighted by atomic mass is 10.0. The van der Waals surface area contributed by atoms with Crippen molar-refractivity contribution in [2.24, 2.45) is 17.2 Å². The van der Waals surface area contributed by atoms with Crippen LogP contribution in [0.3, 0.4) is 0 Å². The molecule has 214 valence electrons. The summed E-state index contributed by atoms with van der Waals surface area (Å²) >= 11 is 0. The van der Waals surface area contributed by atoms with Gasteiger partial charge in [0.05, 0.1) is 12.6 Å². The maximum atomic E-state index is 13.3. The lowest BCUT2D eigenvalue weighted by molar-refractivity contribution is -0.142. The van der Waals surface area contributed by atoms with Gasteiger partial charge in [0, 0.05) is 29.9 Å². The van der Waals surface area contributed by atoms with Crippen molar-refractivity contribution < 1.29 is 34.2 Å². The van der Waals surface area contributed by atoms with Crippen LogP contribution in [-0.2, 0) is 30.4 Å². The van der Waals surface area contributed by atoms with Crippen LogP contribution in [0.5, 0.6) is 0 Å². The monoisotopic (exact) mass is 547 g/mol. The predicted molar refractivity (Wildman–Crippen MR) is 142 cm³/mol. The minimum Gasteiger partial charge on any atom is -0.480 e. The van der Waals surface area contributed by atoms with E-state index < -0.39 is 60.4 Å². The number of carbonyl (C=O) groups excluding carboxylic acids is 4. The topological polar surface area (TPSA) is 256 Å². The molecule has 0 spiro atoms. The fraction of sp³-hybridized carbons (Fsp3) is 0.480. The van der Waals surface area contributed by atoms with E-state index in [-0.39, 0.29) is 25.7 Å². The number of fused-ring (bicyclic) bond motifs is 1. The number of amides is 4. The van der Waals surface area contributed by atoms with E-state index >= 15 is 0 Å². The number of aromatic nitrogens is 1. The van der Waals surface area contributed by atoms with Crippen molar-refractivity contribution in [3.63, 3.8) is 0 Å². The molecule has 0 aliphatic heterocycles. The molecule has 4 unspecified atom stereocenters. The Hall–Kier alpha value is -4.01. The minimum absolute atomic E-state index is 0.000728. The zero-order valence-corrected chi connectivity index (χ0v) is 21.5. The summed E-state index contributed by atoms with van der Waals surface area (Å²) in [7, 11) is 0. The second kappa shape index (κ2) is 15.4. The molecule has 0 saturated carbocycles. The van der Waals surface area contributed by atoms with Crippen molar-refractivity contribution in [1.29, 1.82) is 0 Å². The van der Waals surface area contributed by atoms with Crippen LogP contribution in [-0.4, -0.2) is 82.1 Å². The Balaban J connectivity index is 2.19. The number of nitrogens with two attached hydrogens (primary N) is 3. The number of aliphatic hydroxyl groups is 1. The molecule has 0 bridgehead atoms. The summed E-state index contributed by atoms with van der Waals surface area (Å²) in [6, 6.07) is 2.24. The summed E-state index contributed by atoms with van der Waals surface area (Å²) in [5.74, 6) is -4.32. The van der Waals surface area contributed by atoms with E-state index in [0.29, 0.717) is 24.9 Å². The first-order valence-electron chi connectivity index (χ1n) is 12.6. The molecule has 0 aliphatic rings. The van der Waals surface area contributed by atoms with Crippen LogP contribution in [0.4, 0.5) is 0 Å². The van der Waals surface area contributed by atoms with E-state index in [9.17, 15) is 34.2 Å². The van der Waals surface area contributed by atoms with E-state index in [1.54, 1.807) is 6.20 Å². The summed E-state index contributed by atoms with van der Waals surface area (Å²) in [4.78, 5) is 64.4. The lowest BCUT2D eigenvalue weighted by Crippen LogP contribution is -2.58. The fourth-order valence-electron chi connectivity index (χ4n) is 3.93. The number of H-pyrrole nitrogens is 1. The number of benzene rings is 1. The summed E-state index contributed by atoms with van der Waals surface area (Å²) in [5, 5.41) is 27.3. The number of primary amides is 1. The first-order chi connectivity index (χ1) is 18.6. The maximum Gasteiger partial charge on any atom is 0.326 e. The Kier molecular flexibility index (Phi) is 12.3. The van der Waals surface area contributed by atoms with Crippen molar-refractivity contribution >= 4 is 40.5 Å². The molecule has 0 aliphatic carbocycles. The van der Waals surface area contributed by atoms with Gasteiger partial charge in [0.15, 0.2) is 0 Å². The van der Waals surface area contributed by atoms with Gasteiger partial charge in [0.1, 0.15) is 18.1 Å². The Morgan fingerprint density at radius 2 is 1.54 bits per heavy atom. The predicted octanol–water partition coefficient (Wildman–Crippen LogP) is -2.04. The fourth-order valence-corrected chi connectivity index (χ4v) is 3.93. The zero-order valence-electron chi connectivity index (χ0n) is 21.5. The first-order valence-corrected chi connectivity index (χ1v) is 12.6. The third-order valence-corrected chi connectivity index (χ3v) is 6.15. The van der Waals surface area contributed by atoms with Crippen LogP contribution in [0.15, 0.2) is 30.5 Å². The molecule has 4 amide bonds. The molecule has 1 heterocycles. The minimum atomic E-state index is -1.49. The lowest BCUT2D eigenvalue weighted by Gasteiger charge is -2.24. The summed E-state index contributed by atoms with van der Waals surface area (Å²) in [6.07, 6.45) is 2.66. The smallest absolute Gasteiger partial charge is 0.326 e. The number of carbonyl (C=O) groups is 5. The third kappa shape index (κ3) is 9.67. The van der Waals surface area contributed by atoms with Crippen molar-refractivity contribution in [2.45, 2.75) is 62.7 Å². The van der Waals surface area contributed by atoms with Crippen molar-refractivity contribution in [3.8, 4) is 0 Å². The molecule has 2 aromatic rings. The van der Waals surface area contributed by atoms with Crippen molar-refractivity contribution in [1.82, 2.24) is 20.9 Å². The second-order valence-electron chi connectivity index (χ2n) is 9.16. The van der Waals surface area contributed by atoms with Gasteiger partial charge in [0.2, 0.25) is 23.6 Å². The molecular formula is C25H37N7O7. The van der Waals surface area contributed by atoms with Gasteiger partial charge in [-0.1, -0.05) is 18.2 Å². The van der Waals surface area contributed by atoms with Crippen LogP contribution in [0.25, 0.3) is 10.9 Å². The SMILES string of the molecule is NCCCCC(NC(=O)C(CO)NC(=O)C(Cc1c[nH]c2ccccc12)NC(=O)C(N)CCC(N)=O)C(=O)O. The van der Waals surface area contributed by atoms with Gasteiger partial charge >= 0.3 is 5.97 Å². The summed E-state index contributed by atoms with van der Waals surface area (Å²) in [6.45, 7) is -0.454. The van der Waals surface area contributed by atoms with Crippen LogP contribution in [0.2, 0.25) is 0 Å². The molecule has 12 N–H and O–H groups in total. The highest BCUT2D eigenvalue weighted by Gasteiger charge is 2.30. The molecule has 0 radical (unpaired) electrons. The number of hydrogen-bond acceptors (Lipinski definition) is 8. The number of nitrogens with one attached hydrogen (secondary N) is 4. The number of unbranched alkanes of at least 4 members (excludes halogenated alkanes) is 1. The highest BCUT2D eigenvalue weighted by molar-refractivity contribution is 5.95. The quantitative estimate of drug-likeness (QED) is 0.0987. The zero-order chi connectivity index (χ0) is 28.9. The van der Waals surface area contributed by atoms with Gasteiger partial charge in [0.25, 0.3) is 0 Å². The number of hydrogen-bond donors (Lipinski definition) is 9. The van der Waals surface area contributed by atoms with E-state index in [4.69, 9.17) is 17.2 Å².